The van der Waals surface area contributed by atoms with Gasteiger partial charge in [-0.2, -0.15) is 0 Å². The van der Waals surface area contributed by atoms with E-state index in [4.69, 9.17) is 9.47 Å². The van der Waals surface area contributed by atoms with Gasteiger partial charge in [-0.3, -0.25) is 9.59 Å². The average molecular weight is 328 g/mol. The Morgan fingerprint density at radius 3 is 2.25 bits per heavy atom. The summed E-state index contributed by atoms with van der Waals surface area (Å²) in [7, 11) is 0. The number of ether oxygens (including phenoxy) is 2. The van der Waals surface area contributed by atoms with E-state index in [9.17, 15) is 14.7 Å². The highest BCUT2D eigenvalue weighted by molar-refractivity contribution is 5.79. The van der Waals surface area contributed by atoms with Crippen molar-refractivity contribution in [3.05, 3.63) is 54.1 Å². The van der Waals surface area contributed by atoms with Crippen molar-refractivity contribution in [1.82, 2.24) is 0 Å². The molecule has 126 valence electrons. The topological polar surface area (TPSA) is 72.8 Å². The van der Waals surface area contributed by atoms with E-state index in [2.05, 4.69) is 0 Å². The molecular formula is C19H20O5. The molecule has 0 aromatic heterocycles. The molecule has 0 saturated heterocycles. The fourth-order valence-electron chi connectivity index (χ4n) is 2.34. The molecule has 5 heteroatoms. The van der Waals surface area contributed by atoms with Gasteiger partial charge in [0.1, 0.15) is 5.75 Å². The molecule has 0 amide bonds. The first kappa shape index (κ1) is 17.5. The molecule has 0 fully saturated rings. The number of aromatic hydroxyl groups is 1. The second-order valence-electron chi connectivity index (χ2n) is 5.48. The van der Waals surface area contributed by atoms with E-state index in [0.29, 0.717) is 11.1 Å². The molecule has 0 radical (unpaired) electrons. The van der Waals surface area contributed by atoms with Crippen LogP contribution in [0.25, 0.3) is 11.1 Å². The van der Waals surface area contributed by atoms with Crippen molar-refractivity contribution in [2.24, 2.45) is 0 Å². The van der Waals surface area contributed by atoms with Gasteiger partial charge < -0.3 is 14.6 Å². The summed E-state index contributed by atoms with van der Waals surface area (Å²) in [5, 5.41) is 10.3. The standard InChI is InChI=1S/C19H20O5/c1-12(19(22)24-14(3)23-13(2)20)16-9-10-17(18(21)11-16)15-7-5-4-6-8-15/h4-12,14,21H,1-3H3. The lowest BCUT2D eigenvalue weighted by atomic mass is 9.96. The quantitative estimate of drug-likeness (QED) is 0.670. The third-order valence-electron chi connectivity index (χ3n) is 3.57. The highest BCUT2D eigenvalue weighted by Gasteiger charge is 2.21. The van der Waals surface area contributed by atoms with E-state index in [1.54, 1.807) is 25.1 Å². The maximum Gasteiger partial charge on any atom is 0.316 e. The monoisotopic (exact) mass is 328 g/mol. The summed E-state index contributed by atoms with van der Waals surface area (Å²) >= 11 is 0. The number of esters is 2. The van der Waals surface area contributed by atoms with E-state index in [1.165, 1.54) is 13.8 Å². The van der Waals surface area contributed by atoms with Crippen LogP contribution in [0.5, 0.6) is 5.75 Å². The van der Waals surface area contributed by atoms with Crippen LogP contribution in [-0.2, 0) is 19.1 Å². The van der Waals surface area contributed by atoms with Crippen molar-refractivity contribution in [2.75, 3.05) is 0 Å². The summed E-state index contributed by atoms with van der Waals surface area (Å²) in [6.45, 7) is 4.38. The summed E-state index contributed by atoms with van der Waals surface area (Å²) in [6.07, 6.45) is -0.949. The van der Waals surface area contributed by atoms with E-state index in [-0.39, 0.29) is 5.75 Å². The Morgan fingerprint density at radius 2 is 1.67 bits per heavy atom. The number of carbonyl (C=O) groups excluding carboxylic acids is 2. The zero-order valence-corrected chi connectivity index (χ0v) is 13.9. The van der Waals surface area contributed by atoms with Crippen molar-refractivity contribution in [3.63, 3.8) is 0 Å². The highest BCUT2D eigenvalue weighted by atomic mass is 16.7. The molecule has 0 spiro atoms. The minimum atomic E-state index is -0.949. The fourth-order valence-corrected chi connectivity index (χ4v) is 2.34. The van der Waals surface area contributed by atoms with Crippen molar-refractivity contribution >= 4 is 11.9 Å². The third-order valence-corrected chi connectivity index (χ3v) is 3.57. The van der Waals surface area contributed by atoms with E-state index < -0.39 is 24.1 Å². The molecule has 2 aromatic carbocycles. The first-order valence-electron chi connectivity index (χ1n) is 7.64. The molecule has 0 aliphatic heterocycles. The van der Waals surface area contributed by atoms with Crippen LogP contribution in [-0.4, -0.2) is 23.3 Å². The van der Waals surface area contributed by atoms with Crippen LogP contribution in [0.2, 0.25) is 0 Å². The van der Waals surface area contributed by atoms with Crippen molar-refractivity contribution < 1.29 is 24.2 Å². The lowest BCUT2D eigenvalue weighted by Crippen LogP contribution is -2.23. The van der Waals surface area contributed by atoms with Gasteiger partial charge in [-0.15, -0.1) is 0 Å². The van der Waals surface area contributed by atoms with E-state index >= 15 is 0 Å². The zero-order valence-electron chi connectivity index (χ0n) is 13.9. The molecule has 2 aromatic rings. The van der Waals surface area contributed by atoms with E-state index in [0.717, 1.165) is 5.56 Å². The minimum Gasteiger partial charge on any atom is -0.507 e. The Bertz CT molecular complexity index is 724. The van der Waals surface area contributed by atoms with Gasteiger partial charge in [-0.05, 0) is 24.1 Å². The maximum atomic E-state index is 12.1. The average Bonchev–Trinajstić information content (AvgIpc) is 2.54. The van der Waals surface area contributed by atoms with Gasteiger partial charge in [0.2, 0.25) is 6.29 Å². The Morgan fingerprint density at radius 1 is 1.00 bits per heavy atom. The second kappa shape index (κ2) is 7.64. The number of phenols is 1. The molecule has 0 heterocycles. The van der Waals surface area contributed by atoms with Crippen LogP contribution >= 0.6 is 0 Å². The van der Waals surface area contributed by atoms with Gasteiger partial charge in [0.05, 0.1) is 5.92 Å². The summed E-state index contributed by atoms with van der Waals surface area (Å²) in [4.78, 5) is 23.0. The van der Waals surface area contributed by atoms with Gasteiger partial charge in [-0.25, -0.2) is 0 Å². The molecule has 2 rings (SSSR count). The van der Waals surface area contributed by atoms with Crippen LogP contribution in [0.1, 0.15) is 32.3 Å². The van der Waals surface area contributed by atoms with Crippen LogP contribution in [0.4, 0.5) is 0 Å². The summed E-state index contributed by atoms with van der Waals surface area (Å²) in [6, 6.07) is 14.5. The predicted molar refractivity (Wildman–Crippen MR) is 89.3 cm³/mol. The molecule has 5 nitrogen and oxygen atoms in total. The Balaban J connectivity index is 2.13. The van der Waals surface area contributed by atoms with Crippen LogP contribution in [0, 0.1) is 0 Å². The molecule has 2 unspecified atom stereocenters. The molecule has 24 heavy (non-hydrogen) atoms. The summed E-state index contributed by atoms with van der Waals surface area (Å²) in [5.41, 5.74) is 2.20. The highest BCUT2D eigenvalue weighted by Crippen LogP contribution is 2.32. The Labute approximate surface area is 140 Å². The maximum absolute atomic E-state index is 12.1. The lowest BCUT2D eigenvalue weighted by molar-refractivity contribution is -0.183. The normalized spacial score (nSPS) is 13.0. The second-order valence-corrected chi connectivity index (χ2v) is 5.48. The van der Waals surface area contributed by atoms with Gasteiger partial charge >= 0.3 is 11.9 Å². The van der Waals surface area contributed by atoms with Gasteiger partial charge in [0.15, 0.2) is 0 Å². The molecule has 2 atom stereocenters. The van der Waals surface area contributed by atoms with Crippen LogP contribution in [0.3, 0.4) is 0 Å². The van der Waals surface area contributed by atoms with Gasteiger partial charge in [-0.1, -0.05) is 42.5 Å². The van der Waals surface area contributed by atoms with Crippen molar-refractivity contribution in [1.29, 1.82) is 0 Å². The van der Waals surface area contributed by atoms with Gasteiger partial charge in [0, 0.05) is 19.4 Å². The van der Waals surface area contributed by atoms with Gasteiger partial charge in [0.25, 0.3) is 0 Å². The van der Waals surface area contributed by atoms with E-state index in [1.807, 2.05) is 30.3 Å². The molecule has 0 aliphatic carbocycles. The first-order chi connectivity index (χ1) is 11.4. The SMILES string of the molecule is CC(=O)OC(C)OC(=O)C(C)c1ccc(-c2ccccc2)c(O)c1. The molecule has 1 N–H and O–H groups in total. The third kappa shape index (κ3) is 4.35. The minimum absolute atomic E-state index is 0.0892. The fraction of sp³-hybridized carbons (Fsp3) is 0.263. The van der Waals surface area contributed by atoms with Crippen LogP contribution in [0.15, 0.2) is 48.5 Å². The zero-order chi connectivity index (χ0) is 17.7. The number of hydrogen-bond donors (Lipinski definition) is 1. The van der Waals surface area contributed by atoms with Crippen molar-refractivity contribution in [3.8, 4) is 16.9 Å². The largest absolute Gasteiger partial charge is 0.507 e. The predicted octanol–water partition coefficient (Wildman–Crippen LogP) is 3.62. The number of carbonyl (C=O) groups is 2. The molecule has 0 saturated carbocycles. The number of rotatable bonds is 5. The smallest absolute Gasteiger partial charge is 0.316 e. The lowest BCUT2D eigenvalue weighted by Gasteiger charge is -2.17. The molecule has 0 aliphatic rings. The Kier molecular flexibility index (Phi) is 5.58. The molecular weight excluding hydrogens is 308 g/mol. The van der Waals surface area contributed by atoms with Crippen LogP contribution < -0.4 is 0 Å². The number of hydrogen-bond acceptors (Lipinski definition) is 5. The summed E-state index contributed by atoms with van der Waals surface area (Å²) in [5.74, 6) is -1.56. The summed E-state index contributed by atoms with van der Waals surface area (Å²) < 4.78 is 9.84. The first-order valence-corrected chi connectivity index (χ1v) is 7.64. The number of benzene rings is 2. The van der Waals surface area contributed by atoms with Crippen molar-refractivity contribution in [2.45, 2.75) is 33.0 Å². The Hall–Kier alpha value is -2.82. The molecule has 0 bridgehead atoms. The number of phenolic OH excluding ortho intramolecular Hbond substituents is 1.